The Morgan fingerprint density at radius 2 is 2.43 bits per heavy atom. The fourth-order valence-corrected chi connectivity index (χ4v) is 1.79. The first kappa shape index (κ1) is 8.00. The van der Waals surface area contributed by atoms with Crippen molar-refractivity contribution in [2.45, 2.75) is 18.9 Å². The van der Waals surface area contributed by atoms with E-state index in [9.17, 15) is 4.79 Å². The van der Waals surface area contributed by atoms with Crippen LogP contribution in [0.1, 0.15) is 13.4 Å². The monoisotopic (exact) mass is 191 g/mol. The molecule has 0 radical (unpaired) electrons. The number of hydrogen-bond donors (Lipinski definition) is 1. The summed E-state index contributed by atoms with van der Waals surface area (Å²) >= 11 is 0. The zero-order chi connectivity index (χ0) is 11.0. The Bertz CT molecular complexity index is 406. The van der Waals surface area contributed by atoms with Crippen LogP contribution in [0.3, 0.4) is 0 Å². The molecule has 0 aromatic heterocycles. The molecule has 0 spiro atoms. The van der Waals surface area contributed by atoms with Crippen molar-refractivity contribution < 1.29 is 6.17 Å². The van der Waals surface area contributed by atoms with Crippen molar-refractivity contribution in [3.8, 4) is 0 Å². The zero-order valence-electron chi connectivity index (χ0n) is 9.16. The van der Waals surface area contributed by atoms with E-state index in [1.54, 1.807) is 24.1 Å². The van der Waals surface area contributed by atoms with E-state index in [0.29, 0.717) is 12.5 Å². The lowest BCUT2D eigenvalue weighted by atomic mass is 10.1. The molecule has 0 aliphatic carbocycles. The topological polar surface area (TPSA) is 46.3 Å². The Balaban J connectivity index is 2.47. The van der Waals surface area contributed by atoms with E-state index in [4.69, 9.17) is 7.10 Å². The third kappa shape index (κ3) is 1.40. The lowest BCUT2D eigenvalue weighted by Gasteiger charge is -2.18. The second kappa shape index (κ2) is 3.42. The van der Waals surface area contributed by atoms with E-state index >= 15 is 0 Å². The summed E-state index contributed by atoms with van der Waals surface area (Å²) in [6.45, 7) is 0. The maximum Gasteiger partial charge on any atom is 0.243 e. The van der Waals surface area contributed by atoms with Crippen LogP contribution in [0.2, 0.25) is 0 Å². The number of rotatable bonds is 0. The average molecular weight is 191 g/mol. The summed E-state index contributed by atoms with van der Waals surface area (Å²) in [5.41, 5.74) is 7.66. The number of likely N-dealkylation sites (N-methyl/N-ethyl adjacent to an activating group) is 1. The molecule has 1 unspecified atom stereocenters. The van der Waals surface area contributed by atoms with Gasteiger partial charge in [-0.1, -0.05) is 18.2 Å². The molecular weight excluding hydrogens is 176 g/mol. The predicted octanol–water partition coefficient (Wildman–Crippen LogP) is 0.923. The molecule has 1 aromatic rings. The van der Waals surface area contributed by atoms with Crippen LogP contribution in [0.25, 0.3) is 0 Å². The Labute approximate surface area is 84.9 Å². The van der Waals surface area contributed by atoms with Gasteiger partial charge >= 0.3 is 0 Å². The maximum atomic E-state index is 11.7. The third-order valence-corrected chi connectivity index (χ3v) is 2.66. The van der Waals surface area contributed by atoms with Crippen molar-refractivity contribution in [3.05, 3.63) is 29.8 Å². The predicted molar refractivity (Wildman–Crippen MR) is 56.1 cm³/mol. The van der Waals surface area contributed by atoms with Gasteiger partial charge in [-0.15, -0.1) is 0 Å². The number of aryl methyl sites for hydroxylation is 1. The second-order valence-electron chi connectivity index (χ2n) is 3.60. The third-order valence-electron chi connectivity index (χ3n) is 2.66. The quantitative estimate of drug-likeness (QED) is 0.663. The first-order chi connectivity index (χ1) is 7.09. The lowest BCUT2D eigenvalue weighted by Crippen LogP contribution is -2.40. The second-order valence-corrected chi connectivity index (χ2v) is 3.60. The number of hydrogen-bond acceptors (Lipinski definition) is 2. The molecule has 0 saturated carbocycles. The van der Waals surface area contributed by atoms with E-state index in [2.05, 4.69) is 0 Å². The molecule has 1 aliphatic rings. The van der Waals surface area contributed by atoms with E-state index in [-0.39, 0.29) is 5.91 Å². The molecule has 1 atom stereocenters. The Morgan fingerprint density at radius 1 is 1.64 bits per heavy atom. The molecule has 2 rings (SSSR count). The van der Waals surface area contributed by atoms with Crippen molar-refractivity contribution in [1.29, 1.82) is 0 Å². The van der Waals surface area contributed by atoms with Crippen LogP contribution in [0, 0.1) is 0 Å². The van der Waals surface area contributed by atoms with Crippen LogP contribution in [0.15, 0.2) is 24.2 Å². The van der Waals surface area contributed by atoms with Gasteiger partial charge in [-0.2, -0.15) is 0 Å². The lowest BCUT2D eigenvalue weighted by molar-refractivity contribution is -0.119. The summed E-state index contributed by atoms with van der Waals surface area (Å²) in [4.78, 5) is 13.3. The summed E-state index contributed by atoms with van der Waals surface area (Å²) in [7, 11) is 1.73. The molecule has 0 saturated heterocycles. The normalized spacial score (nSPS) is 22.7. The minimum absolute atomic E-state index is 0.0496. The summed E-state index contributed by atoms with van der Waals surface area (Å²) in [6.07, 6.45) is 1.42. The first-order valence-electron chi connectivity index (χ1n) is 5.22. The molecule has 0 bridgehead atoms. The van der Waals surface area contributed by atoms with Gasteiger partial charge in [0.1, 0.15) is 0 Å². The molecular formula is C11H14N2O. The van der Waals surface area contributed by atoms with Gasteiger partial charge in [0, 0.05) is 12.7 Å². The van der Waals surface area contributed by atoms with E-state index < -0.39 is 6.04 Å². The standard InChI is InChI=1S/C11H14N2O/c1-13-10-5-3-2-4-8(10)6-7-9(12)11(13)14/h2-5,9H,6-7,12H2,1H3/i2D. The van der Waals surface area contributed by atoms with Crippen LogP contribution in [0.5, 0.6) is 0 Å². The molecule has 3 heteroatoms. The highest BCUT2D eigenvalue weighted by molar-refractivity contribution is 5.97. The van der Waals surface area contributed by atoms with E-state index in [1.807, 2.05) is 6.07 Å². The fraction of sp³-hybridized carbons (Fsp3) is 0.364. The Hall–Kier alpha value is -1.35. The van der Waals surface area contributed by atoms with Crippen LogP contribution in [0.4, 0.5) is 5.69 Å². The molecule has 3 nitrogen and oxygen atoms in total. The molecule has 74 valence electrons. The number of anilines is 1. The van der Waals surface area contributed by atoms with Crippen LogP contribution >= 0.6 is 0 Å². The minimum Gasteiger partial charge on any atom is -0.320 e. The SMILES string of the molecule is [2H]c1ccc2c(c1)CCC(N)C(=O)N2C. The summed E-state index contributed by atoms with van der Waals surface area (Å²) in [5.74, 6) is -0.0496. The van der Waals surface area contributed by atoms with Gasteiger partial charge in [0.25, 0.3) is 0 Å². The summed E-state index contributed by atoms with van der Waals surface area (Å²) < 4.78 is 7.54. The van der Waals surface area contributed by atoms with Crippen LogP contribution in [-0.4, -0.2) is 19.0 Å². The first-order valence-corrected chi connectivity index (χ1v) is 4.72. The molecule has 14 heavy (non-hydrogen) atoms. The van der Waals surface area contributed by atoms with Crippen molar-refractivity contribution in [3.63, 3.8) is 0 Å². The highest BCUT2D eigenvalue weighted by Gasteiger charge is 2.24. The number of nitrogens with two attached hydrogens (primary N) is 1. The van der Waals surface area contributed by atoms with Crippen molar-refractivity contribution >= 4 is 11.6 Å². The molecule has 0 fully saturated rings. The highest BCUT2D eigenvalue weighted by atomic mass is 16.2. The summed E-state index contributed by atoms with van der Waals surface area (Å²) in [6, 6.07) is 5.37. The molecule has 1 heterocycles. The maximum absolute atomic E-state index is 11.7. The number of fused-ring (bicyclic) bond motifs is 1. The smallest absolute Gasteiger partial charge is 0.243 e. The number of carbonyl (C=O) groups excluding carboxylic acids is 1. The van der Waals surface area contributed by atoms with Gasteiger partial charge in [0.15, 0.2) is 0 Å². The van der Waals surface area contributed by atoms with Gasteiger partial charge in [0.05, 0.1) is 7.41 Å². The number of nitrogens with zero attached hydrogens (tertiary/aromatic N) is 1. The fourth-order valence-electron chi connectivity index (χ4n) is 1.79. The summed E-state index contributed by atoms with van der Waals surface area (Å²) in [5, 5.41) is 0. The Kier molecular flexibility index (Phi) is 1.96. The number of amides is 1. The highest BCUT2D eigenvalue weighted by Crippen LogP contribution is 2.24. The van der Waals surface area contributed by atoms with Gasteiger partial charge in [-0.3, -0.25) is 4.79 Å². The average Bonchev–Trinajstić information content (AvgIpc) is 2.32. The van der Waals surface area contributed by atoms with E-state index in [1.165, 1.54) is 0 Å². The van der Waals surface area contributed by atoms with Gasteiger partial charge in [-0.05, 0) is 24.5 Å². The van der Waals surface area contributed by atoms with Crippen molar-refractivity contribution in [2.24, 2.45) is 5.73 Å². The number of benzene rings is 1. The molecule has 1 aliphatic heterocycles. The Morgan fingerprint density at radius 3 is 3.21 bits per heavy atom. The van der Waals surface area contributed by atoms with Crippen LogP contribution in [-0.2, 0) is 11.2 Å². The number of para-hydroxylation sites is 1. The van der Waals surface area contributed by atoms with Gasteiger partial charge < -0.3 is 10.6 Å². The largest absolute Gasteiger partial charge is 0.320 e. The minimum atomic E-state index is -0.420. The van der Waals surface area contributed by atoms with Gasteiger partial charge in [0.2, 0.25) is 5.91 Å². The van der Waals surface area contributed by atoms with Crippen molar-refractivity contribution in [2.75, 3.05) is 11.9 Å². The molecule has 1 aromatic carbocycles. The molecule has 2 N–H and O–H groups in total. The van der Waals surface area contributed by atoms with Gasteiger partial charge in [-0.25, -0.2) is 0 Å². The molecule has 1 amide bonds. The van der Waals surface area contributed by atoms with Crippen molar-refractivity contribution in [1.82, 2.24) is 0 Å². The van der Waals surface area contributed by atoms with E-state index in [0.717, 1.165) is 17.7 Å². The number of carbonyl (C=O) groups is 1. The van der Waals surface area contributed by atoms with Crippen LogP contribution < -0.4 is 10.6 Å². The zero-order valence-corrected chi connectivity index (χ0v) is 8.16.